The van der Waals surface area contributed by atoms with Gasteiger partial charge in [0.1, 0.15) is 6.07 Å². The average Bonchev–Trinajstić information content (AvgIpc) is 2.74. The van der Waals surface area contributed by atoms with E-state index in [1.165, 1.54) is 0 Å². The molecule has 0 saturated carbocycles. The van der Waals surface area contributed by atoms with Gasteiger partial charge in [-0.05, 0) is 37.6 Å². The van der Waals surface area contributed by atoms with Gasteiger partial charge in [-0.1, -0.05) is 19.9 Å². The summed E-state index contributed by atoms with van der Waals surface area (Å²) in [7, 11) is 0. The van der Waals surface area contributed by atoms with E-state index < -0.39 is 0 Å². The number of benzene rings is 1. The Bertz CT molecular complexity index is 647. The molecule has 0 aliphatic rings. The molecule has 0 radical (unpaired) electrons. The molecular weight excluding hydrogens is 248 g/mol. The van der Waals surface area contributed by atoms with E-state index in [0.29, 0.717) is 11.6 Å². The molecule has 20 heavy (non-hydrogen) atoms. The number of nitrogens with one attached hydrogen (secondary N) is 1. The Balaban J connectivity index is 2.36. The summed E-state index contributed by atoms with van der Waals surface area (Å²) in [5.74, 6) is 0. The van der Waals surface area contributed by atoms with Crippen LogP contribution in [0.1, 0.15) is 36.4 Å². The molecule has 104 valence electrons. The first-order chi connectivity index (χ1) is 9.51. The molecule has 0 amide bonds. The van der Waals surface area contributed by atoms with Crippen LogP contribution < -0.4 is 5.32 Å². The monoisotopic (exact) mass is 268 g/mol. The summed E-state index contributed by atoms with van der Waals surface area (Å²) in [6.07, 6.45) is 0. The second kappa shape index (κ2) is 5.89. The van der Waals surface area contributed by atoms with Crippen molar-refractivity contribution < 1.29 is 0 Å². The molecule has 4 nitrogen and oxygen atoms in total. The van der Waals surface area contributed by atoms with Crippen molar-refractivity contribution in [1.29, 1.82) is 5.26 Å². The molecule has 0 bridgehead atoms. The maximum Gasteiger partial charge on any atom is 0.101 e. The lowest BCUT2D eigenvalue weighted by Crippen LogP contribution is -2.21. The Labute approximate surface area is 120 Å². The van der Waals surface area contributed by atoms with E-state index in [0.717, 1.165) is 29.2 Å². The van der Waals surface area contributed by atoms with Gasteiger partial charge in [-0.25, -0.2) is 4.68 Å². The molecule has 1 aromatic carbocycles. The second-order valence-electron chi connectivity index (χ2n) is 5.34. The molecular formula is C16H20N4. The van der Waals surface area contributed by atoms with Crippen LogP contribution in [0.15, 0.2) is 24.3 Å². The predicted molar refractivity (Wildman–Crippen MR) is 79.7 cm³/mol. The van der Waals surface area contributed by atoms with Crippen LogP contribution in [-0.2, 0) is 6.54 Å². The normalized spacial score (nSPS) is 10.8. The molecule has 0 atom stereocenters. The largest absolute Gasteiger partial charge is 0.310 e. The minimum absolute atomic E-state index is 0.427. The van der Waals surface area contributed by atoms with E-state index in [9.17, 15) is 5.26 Å². The average molecular weight is 268 g/mol. The van der Waals surface area contributed by atoms with Crippen molar-refractivity contribution in [2.24, 2.45) is 0 Å². The van der Waals surface area contributed by atoms with Gasteiger partial charge in [0.15, 0.2) is 0 Å². The first kappa shape index (κ1) is 14.3. The highest BCUT2D eigenvalue weighted by Gasteiger charge is 2.09. The molecule has 0 aliphatic heterocycles. The lowest BCUT2D eigenvalue weighted by Gasteiger charge is -2.11. The predicted octanol–water partition coefficient (Wildman–Crippen LogP) is 2.86. The van der Waals surface area contributed by atoms with Crippen molar-refractivity contribution in [2.75, 3.05) is 0 Å². The van der Waals surface area contributed by atoms with Crippen LogP contribution in [0, 0.1) is 25.2 Å². The topological polar surface area (TPSA) is 53.6 Å². The van der Waals surface area contributed by atoms with Gasteiger partial charge in [0.05, 0.1) is 16.9 Å². The maximum atomic E-state index is 9.37. The van der Waals surface area contributed by atoms with Crippen LogP contribution in [0.5, 0.6) is 0 Å². The Morgan fingerprint density at radius 2 is 2.05 bits per heavy atom. The Hall–Kier alpha value is -2.12. The zero-order valence-corrected chi connectivity index (χ0v) is 12.4. The molecule has 4 heteroatoms. The third kappa shape index (κ3) is 3.06. The van der Waals surface area contributed by atoms with Crippen LogP contribution in [0.3, 0.4) is 0 Å². The van der Waals surface area contributed by atoms with Gasteiger partial charge in [0, 0.05) is 18.3 Å². The van der Waals surface area contributed by atoms with Crippen molar-refractivity contribution in [3.63, 3.8) is 0 Å². The fourth-order valence-electron chi connectivity index (χ4n) is 2.16. The molecule has 1 heterocycles. The zero-order chi connectivity index (χ0) is 14.7. The van der Waals surface area contributed by atoms with E-state index in [2.05, 4.69) is 30.3 Å². The smallest absolute Gasteiger partial charge is 0.101 e. The minimum Gasteiger partial charge on any atom is -0.310 e. The Morgan fingerprint density at radius 3 is 2.60 bits per heavy atom. The highest BCUT2D eigenvalue weighted by Crippen LogP contribution is 2.18. The fraction of sp³-hybridized carbons (Fsp3) is 0.375. The van der Waals surface area contributed by atoms with Gasteiger partial charge in [-0.3, -0.25) is 0 Å². The minimum atomic E-state index is 0.427. The number of hydrogen-bond acceptors (Lipinski definition) is 3. The van der Waals surface area contributed by atoms with Crippen molar-refractivity contribution >= 4 is 0 Å². The number of aromatic nitrogens is 2. The zero-order valence-electron chi connectivity index (χ0n) is 12.4. The third-order valence-corrected chi connectivity index (χ3v) is 3.13. The van der Waals surface area contributed by atoms with Gasteiger partial charge in [0.2, 0.25) is 0 Å². The van der Waals surface area contributed by atoms with Crippen LogP contribution in [0.4, 0.5) is 0 Å². The molecule has 0 saturated heterocycles. The number of aryl methyl sites for hydroxylation is 2. The summed E-state index contributed by atoms with van der Waals surface area (Å²) in [5.41, 5.74) is 4.59. The lowest BCUT2D eigenvalue weighted by atomic mass is 10.1. The molecule has 0 unspecified atom stereocenters. The highest BCUT2D eigenvalue weighted by molar-refractivity contribution is 5.51. The third-order valence-electron chi connectivity index (χ3n) is 3.13. The number of hydrogen-bond donors (Lipinski definition) is 1. The van der Waals surface area contributed by atoms with Crippen LogP contribution >= 0.6 is 0 Å². The molecule has 1 N–H and O–H groups in total. The molecule has 0 spiro atoms. The summed E-state index contributed by atoms with van der Waals surface area (Å²) in [6.45, 7) is 8.93. The van der Waals surface area contributed by atoms with Gasteiger partial charge in [-0.2, -0.15) is 10.4 Å². The molecule has 1 aromatic heterocycles. The Kier molecular flexibility index (Phi) is 4.21. The molecule has 2 rings (SSSR count). The quantitative estimate of drug-likeness (QED) is 0.927. The van der Waals surface area contributed by atoms with E-state index in [1.54, 1.807) is 0 Å². The van der Waals surface area contributed by atoms with Crippen LogP contribution in [0.25, 0.3) is 5.69 Å². The first-order valence-corrected chi connectivity index (χ1v) is 6.81. The number of nitriles is 1. The Morgan fingerprint density at radius 1 is 1.30 bits per heavy atom. The van der Waals surface area contributed by atoms with Crippen LogP contribution in [0.2, 0.25) is 0 Å². The van der Waals surface area contributed by atoms with E-state index >= 15 is 0 Å². The van der Waals surface area contributed by atoms with Gasteiger partial charge < -0.3 is 5.32 Å². The van der Waals surface area contributed by atoms with Crippen molar-refractivity contribution in [1.82, 2.24) is 15.1 Å². The summed E-state index contributed by atoms with van der Waals surface area (Å²) in [5, 5.41) is 17.2. The SMILES string of the molecule is Cc1cc(C)n(-c2ccc(CNC(C)C)cc2C#N)n1. The maximum absolute atomic E-state index is 9.37. The summed E-state index contributed by atoms with van der Waals surface area (Å²) in [4.78, 5) is 0. The highest BCUT2D eigenvalue weighted by atomic mass is 15.3. The van der Waals surface area contributed by atoms with Crippen molar-refractivity contribution in [3.05, 3.63) is 46.8 Å². The number of nitrogens with zero attached hydrogens (tertiary/aromatic N) is 3. The van der Waals surface area contributed by atoms with E-state index in [-0.39, 0.29) is 0 Å². The van der Waals surface area contributed by atoms with Gasteiger partial charge in [-0.15, -0.1) is 0 Å². The van der Waals surface area contributed by atoms with Crippen molar-refractivity contribution in [2.45, 2.75) is 40.3 Å². The molecule has 0 fully saturated rings. The van der Waals surface area contributed by atoms with Crippen LogP contribution in [-0.4, -0.2) is 15.8 Å². The second-order valence-corrected chi connectivity index (χ2v) is 5.34. The molecule has 2 aromatic rings. The van der Waals surface area contributed by atoms with E-state index in [1.807, 2.05) is 42.8 Å². The summed E-state index contributed by atoms with van der Waals surface area (Å²) < 4.78 is 1.83. The summed E-state index contributed by atoms with van der Waals surface area (Å²) in [6, 6.07) is 10.6. The summed E-state index contributed by atoms with van der Waals surface area (Å²) >= 11 is 0. The standard InChI is InChI=1S/C16H20N4/c1-11(2)18-10-14-5-6-16(15(8-14)9-17)20-13(4)7-12(3)19-20/h5-8,11,18H,10H2,1-4H3. The first-order valence-electron chi connectivity index (χ1n) is 6.81. The molecule has 0 aliphatic carbocycles. The lowest BCUT2D eigenvalue weighted by molar-refractivity contribution is 0.588. The number of rotatable bonds is 4. The van der Waals surface area contributed by atoms with Crippen molar-refractivity contribution in [3.8, 4) is 11.8 Å². The fourth-order valence-corrected chi connectivity index (χ4v) is 2.16. The van der Waals surface area contributed by atoms with E-state index in [4.69, 9.17) is 0 Å². The van der Waals surface area contributed by atoms with Gasteiger partial charge in [0.25, 0.3) is 0 Å². The van der Waals surface area contributed by atoms with Gasteiger partial charge >= 0.3 is 0 Å².